The molecule has 28 heavy (non-hydrogen) atoms. The summed E-state index contributed by atoms with van der Waals surface area (Å²) >= 11 is 12.5. The zero-order valence-corrected chi connectivity index (χ0v) is 17.5. The molecule has 0 fully saturated rings. The number of benzene rings is 1. The van der Waals surface area contributed by atoms with E-state index in [9.17, 15) is 4.79 Å². The Bertz CT molecular complexity index is 1060. The first-order valence-corrected chi connectivity index (χ1v) is 10.0. The van der Waals surface area contributed by atoms with Crippen molar-refractivity contribution in [3.8, 4) is 5.75 Å². The molecule has 3 rings (SSSR count). The normalized spacial score (nSPS) is 10.6. The van der Waals surface area contributed by atoms with E-state index in [4.69, 9.17) is 28.6 Å². The number of aromatic nitrogens is 4. The third-order valence-corrected chi connectivity index (χ3v) is 5.33. The fraction of sp³-hybridized carbons (Fsp3) is 0.222. The van der Waals surface area contributed by atoms with Gasteiger partial charge in [-0.1, -0.05) is 17.7 Å². The van der Waals surface area contributed by atoms with Gasteiger partial charge in [-0.25, -0.2) is 4.98 Å². The average Bonchev–Trinajstić information content (AvgIpc) is 3.24. The van der Waals surface area contributed by atoms with E-state index in [1.54, 1.807) is 24.3 Å². The standard InChI is InChI=1S/C18H18ClN5O2S2/c1-3-6-24-15(22-23-18(24)27)8-12-10-28-17(20-12)21-16(25)9-26-13-4-5-14(19)11(2)7-13/h3-5,7,10H,1,6,8-9H2,2H3,(H,23,27)(H,20,21,25). The van der Waals surface area contributed by atoms with Crippen LogP contribution >= 0.6 is 35.2 Å². The van der Waals surface area contributed by atoms with Crippen molar-refractivity contribution in [3.63, 3.8) is 0 Å². The lowest BCUT2D eigenvalue weighted by molar-refractivity contribution is -0.118. The molecule has 0 radical (unpaired) electrons. The average molecular weight is 436 g/mol. The zero-order chi connectivity index (χ0) is 20.1. The first kappa shape index (κ1) is 20.2. The number of rotatable bonds is 8. The number of hydrogen-bond acceptors (Lipinski definition) is 6. The molecule has 2 N–H and O–H groups in total. The first-order valence-electron chi connectivity index (χ1n) is 8.34. The van der Waals surface area contributed by atoms with Crippen LogP contribution in [0.1, 0.15) is 17.1 Å². The second kappa shape index (κ2) is 9.13. The molecule has 0 unspecified atom stereocenters. The number of amides is 1. The van der Waals surface area contributed by atoms with Gasteiger partial charge in [0, 0.05) is 16.9 Å². The minimum atomic E-state index is -0.289. The molecule has 1 amide bonds. The maximum atomic E-state index is 12.1. The van der Waals surface area contributed by atoms with Crippen molar-refractivity contribution in [1.82, 2.24) is 19.7 Å². The van der Waals surface area contributed by atoms with Gasteiger partial charge in [0.25, 0.3) is 5.91 Å². The van der Waals surface area contributed by atoms with Crippen molar-refractivity contribution in [2.45, 2.75) is 19.9 Å². The van der Waals surface area contributed by atoms with Crippen LogP contribution in [0.25, 0.3) is 0 Å². The molecule has 146 valence electrons. The summed E-state index contributed by atoms with van der Waals surface area (Å²) in [5.41, 5.74) is 1.67. The Kier molecular flexibility index (Phi) is 6.61. The molecular weight excluding hydrogens is 418 g/mol. The Morgan fingerprint density at radius 2 is 2.36 bits per heavy atom. The molecule has 2 aromatic heterocycles. The predicted octanol–water partition coefficient (Wildman–Crippen LogP) is 4.15. The van der Waals surface area contributed by atoms with Crippen molar-refractivity contribution in [1.29, 1.82) is 0 Å². The highest BCUT2D eigenvalue weighted by Gasteiger charge is 2.11. The molecule has 0 aliphatic carbocycles. The molecule has 3 aromatic rings. The van der Waals surface area contributed by atoms with E-state index in [0.717, 1.165) is 17.1 Å². The molecule has 0 bridgehead atoms. The molecule has 2 heterocycles. The van der Waals surface area contributed by atoms with Crippen LogP contribution in [0.4, 0.5) is 5.13 Å². The third kappa shape index (κ3) is 5.06. The topological polar surface area (TPSA) is 84.8 Å². The maximum absolute atomic E-state index is 12.1. The molecule has 0 spiro atoms. The fourth-order valence-electron chi connectivity index (χ4n) is 2.42. The summed E-state index contributed by atoms with van der Waals surface area (Å²) < 4.78 is 7.88. The Morgan fingerprint density at radius 3 is 3.11 bits per heavy atom. The van der Waals surface area contributed by atoms with Gasteiger partial charge >= 0.3 is 0 Å². The van der Waals surface area contributed by atoms with E-state index in [-0.39, 0.29) is 12.5 Å². The van der Waals surface area contributed by atoms with E-state index < -0.39 is 0 Å². The number of nitrogens with zero attached hydrogens (tertiary/aromatic N) is 3. The number of hydrogen-bond donors (Lipinski definition) is 2. The maximum Gasteiger partial charge on any atom is 0.264 e. The molecule has 1 aromatic carbocycles. The number of anilines is 1. The number of nitrogens with one attached hydrogen (secondary N) is 2. The van der Waals surface area contributed by atoms with Gasteiger partial charge < -0.3 is 4.74 Å². The fourth-order valence-corrected chi connectivity index (χ4v) is 3.49. The number of carbonyl (C=O) groups is 1. The predicted molar refractivity (Wildman–Crippen MR) is 113 cm³/mol. The summed E-state index contributed by atoms with van der Waals surface area (Å²) in [6.45, 7) is 6.05. The smallest absolute Gasteiger partial charge is 0.264 e. The third-order valence-electron chi connectivity index (χ3n) is 3.79. The summed E-state index contributed by atoms with van der Waals surface area (Å²) in [4.78, 5) is 16.5. The lowest BCUT2D eigenvalue weighted by atomic mass is 10.2. The number of H-pyrrole nitrogens is 1. The largest absolute Gasteiger partial charge is 0.484 e. The summed E-state index contributed by atoms with van der Waals surface area (Å²) in [6, 6.07) is 5.24. The monoisotopic (exact) mass is 435 g/mol. The van der Waals surface area contributed by atoms with E-state index in [0.29, 0.717) is 33.6 Å². The molecule has 10 heteroatoms. The summed E-state index contributed by atoms with van der Waals surface area (Å²) in [5.74, 6) is 1.05. The highest BCUT2D eigenvalue weighted by Crippen LogP contribution is 2.21. The number of carbonyl (C=O) groups excluding carboxylic acids is 1. The minimum Gasteiger partial charge on any atom is -0.484 e. The molecule has 0 saturated heterocycles. The Morgan fingerprint density at radius 1 is 1.54 bits per heavy atom. The Balaban J connectivity index is 1.56. The SMILES string of the molecule is C=CCn1c(Cc2csc(NC(=O)COc3ccc(Cl)c(C)c3)n2)n[nH]c1=S. The lowest BCUT2D eigenvalue weighted by Crippen LogP contribution is -2.20. The van der Waals surface area contributed by atoms with Gasteiger partial charge in [-0.15, -0.1) is 17.9 Å². The van der Waals surface area contributed by atoms with Gasteiger partial charge in [-0.3, -0.25) is 19.8 Å². The summed E-state index contributed by atoms with van der Waals surface area (Å²) in [6.07, 6.45) is 2.25. The van der Waals surface area contributed by atoms with Crippen LogP contribution in [0.3, 0.4) is 0 Å². The Labute approximate surface area is 176 Å². The quantitative estimate of drug-likeness (QED) is 0.410. The minimum absolute atomic E-state index is 0.117. The van der Waals surface area contributed by atoms with Crippen molar-refractivity contribution < 1.29 is 9.53 Å². The van der Waals surface area contributed by atoms with Crippen molar-refractivity contribution >= 4 is 46.2 Å². The number of ether oxygens (including phenoxy) is 1. The van der Waals surface area contributed by atoms with Crippen LogP contribution in [0.15, 0.2) is 36.2 Å². The van der Waals surface area contributed by atoms with Crippen molar-refractivity contribution in [3.05, 3.63) is 63.1 Å². The van der Waals surface area contributed by atoms with E-state index >= 15 is 0 Å². The van der Waals surface area contributed by atoms with Gasteiger partial charge in [0.2, 0.25) is 0 Å². The van der Waals surface area contributed by atoms with Crippen molar-refractivity contribution in [2.24, 2.45) is 0 Å². The van der Waals surface area contributed by atoms with Crippen LogP contribution in [-0.2, 0) is 17.8 Å². The van der Waals surface area contributed by atoms with Crippen LogP contribution in [0, 0.1) is 11.7 Å². The Hall–Kier alpha value is -2.49. The molecular formula is C18H18ClN5O2S2. The lowest BCUT2D eigenvalue weighted by Gasteiger charge is -2.07. The number of aromatic amines is 1. The summed E-state index contributed by atoms with van der Waals surface area (Å²) in [5, 5.41) is 12.8. The van der Waals surface area contributed by atoms with Crippen LogP contribution < -0.4 is 10.1 Å². The van der Waals surface area contributed by atoms with E-state index in [1.807, 2.05) is 16.9 Å². The van der Waals surface area contributed by atoms with Crippen LogP contribution in [0.5, 0.6) is 5.75 Å². The molecule has 0 saturated carbocycles. The number of halogens is 1. The van der Waals surface area contributed by atoms with Gasteiger partial charge in [0.15, 0.2) is 16.5 Å². The van der Waals surface area contributed by atoms with Crippen molar-refractivity contribution in [2.75, 3.05) is 11.9 Å². The van der Waals surface area contributed by atoms with Gasteiger partial charge in [-0.05, 0) is 42.9 Å². The second-order valence-electron chi connectivity index (χ2n) is 5.91. The molecule has 0 aliphatic rings. The van der Waals surface area contributed by atoms with Gasteiger partial charge in [0.05, 0.1) is 12.1 Å². The molecule has 0 aliphatic heterocycles. The molecule has 0 atom stereocenters. The van der Waals surface area contributed by atoms with Gasteiger partial charge in [-0.2, -0.15) is 5.10 Å². The second-order valence-corrected chi connectivity index (χ2v) is 7.56. The molecule has 7 nitrogen and oxygen atoms in total. The van der Waals surface area contributed by atoms with E-state index in [1.165, 1.54) is 11.3 Å². The van der Waals surface area contributed by atoms with E-state index in [2.05, 4.69) is 27.1 Å². The van der Waals surface area contributed by atoms with Crippen LogP contribution in [0.2, 0.25) is 5.02 Å². The van der Waals surface area contributed by atoms with Crippen LogP contribution in [-0.4, -0.2) is 32.3 Å². The number of aryl methyl sites for hydroxylation is 1. The highest BCUT2D eigenvalue weighted by atomic mass is 35.5. The number of allylic oxidation sites excluding steroid dienone is 1. The van der Waals surface area contributed by atoms with Gasteiger partial charge in [0.1, 0.15) is 11.6 Å². The summed E-state index contributed by atoms with van der Waals surface area (Å²) in [7, 11) is 0. The number of thiazole rings is 1. The highest BCUT2D eigenvalue weighted by molar-refractivity contribution is 7.71. The zero-order valence-electron chi connectivity index (χ0n) is 15.1. The first-order chi connectivity index (χ1) is 13.5.